The highest BCUT2D eigenvalue weighted by atomic mass is 19.1. The first-order valence-corrected chi connectivity index (χ1v) is 39.6. The maximum absolute atomic E-state index is 14.2. The Hall–Kier alpha value is -8.46. The minimum Gasteiger partial charge on any atom is -0.461 e. The number of fused-ring (bicyclic) bond motifs is 2. The molecule has 4 unspecified atom stereocenters. The largest absolute Gasteiger partial charge is 0.461 e. The smallest absolute Gasteiger partial charge is 0.308 e. The number of benzene rings is 5. The lowest BCUT2D eigenvalue weighted by molar-refractivity contribution is -0.159. The second kappa shape index (κ2) is 41.7. The second-order valence-electron chi connectivity index (χ2n) is 34.1. The van der Waals surface area contributed by atoms with Crippen LogP contribution in [0.5, 0.6) is 0 Å². The molecule has 3 aliphatic carbocycles. The van der Waals surface area contributed by atoms with Gasteiger partial charge in [-0.3, -0.25) is 29.0 Å². The quantitative estimate of drug-likeness (QED) is 0.0195. The molecule has 3 aliphatic rings. The van der Waals surface area contributed by atoms with Crippen molar-refractivity contribution in [3.63, 3.8) is 0 Å². The molecule has 8 N–H and O–H groups in total. The number of allylic oxidation sites excluding steroid dienone is 2. The van der Waals surface area contributed by atoms with Crippen molar-refractivity contribution < 1.29 is 73.2 Å². The van der Waals surface area contributed by atoms with E-state index in [-0.39, 0.29) is 130 Å². The van der Waals surface area contributed by atoms with Gasteiger partial charge in [0.25, 0.3) is 5.91 Å². The number of para-hydroxylation sites is 2. The number of carbonyl (C=O) groups is 5. The summed E-state index contributed by atoms with van der Waals surface area (Å²) in [7, 11) is 0. The molecule has 2 heterocycles. The second-order valence-corrected chi connectivity index (χ2v) is 34.1. The molecule has 12 atom stereocenters. The van der Waals surface area contributed by atoms with Crippen molar-refractivity contribution >= 4 is 51.9 Å². The van der Waals surface area contributed by atoms with E-state index in [2.05, 4.69) is 22.9 Å². The van der Waals surface area contributed by atoms with Crippen LogP contribution in [0.3, 0.4) is 0 Å². The molecule has 0 bridgehead atoms. The summed E-state index contributed by atoms with van der Waals surface area (Å²) in [5.41, 5.74) is 8.99. The van der Waals surface area contributed by atoms with Gasteiger partial charge in [-0.15, -0.1) is 0 Å². The number of ether oxygens (including phenoxy) is 1. The number of esters is 1. The summed E-state index contributed by atoms with van der Waals surface area (Å²) in [5, 5.41) is 77.8. The minimum atomic E-state index is -0.963. The van der Waals surface area contributed by atoms with Crippen molar-refractivity contribution in [3.05, 3.63) is 197 Å². The lowest BCUT2D eigenvalue weighted by atomic mass is 9.66. The van der Waals surface area contributed by atoms with Crippen molar-refractivity contribution in [2.45, 2.75) is 262 Å². The van der Waals surface area contributed by atoms with Crippen LogP contribution < -0.4 is 5.32 Å². The Kier molecular flexibility index (Phi) is 34.5. The number of Topliss-reactive ketones (excluding diaryl/α,β-unsaturated/α-hetero) is 3. The van der Waals surface area contributed by atoms with E-state index in [9.17, 15) is 68.5 Å². The Morgan fingerprint density at radius 1 is 0.628 bits per heavy atom. The lowest BCUT2D eigenvalue weighted by Gasteiger charge is -2.43. The monoisotopic (exact) mass is 1560 g/mol. The number of halogens is 2. The zero-order valence-electron chi connectivity index (χ0n) is 67.3. The number of aromatic nitrogens is 2. The molecule has 0 spiro atoms. The average Bonchev–Trinajstić information content (AvgIpc) is 1.66. The lowest BCUT2D eigenvalue weighted by Crippen LogP contribution is -2.43. The number of nitrogens with zero attached hydrogens (tertiary/aromatic N) is 2. The molecular formula is C95H127F2N3O13. The van der Waals surface area contributed by atoms with E-state index in [1.165, 1.54) is 24.3 Å². The van der Waals surface area contributed by atoms with E-state index in [1.807, 2.05) is 193 Å². The Morgan fingerprint density at radius 2 is 1.12 bits per heavy atom. The number of hydrogen-bond donors (Lipinski definition) is 8. The van der Waals surface area contributed by atoms with Crippen LogP contribution in [0.25, 0.3) is 50.5 Å². The molecular weight excluding hydrogens is 1430 g/mol. The molecule has 10 rings (SSSR count). The maximum Gasteiger partial charge on any atom is 0.308 e. The summed E-state index contributed by atoms with van der Waals surface area (Å²) in [6, 6.07) is 39.5. The molecule has 0 aliphatic heterocycles. The highest BCUT2D eigenvalue weighted by Crippen LogP contribution is 2.48. The van der Waals surface area contributed by atoms with Crippen LogP contribution in [-0.4, -0.2) is 123 Å². The molecule has 18 heteroatoms. The van der Waals surface area contributed by atoms with Crippen LogP contribution >= 0.6 is 0 Å². The van der Waals surface area contributed by atoms with Crippen molar-refractivity contribution in [2.24, 2.45) is 39.9 Å². The number of aliphatic hydroxyl groups is 7. The Bertz CT molecular complexity index is 4350. The summed E-state index contributed by atoms with van der Waals surface area (Å²) in [4.78, 5) is 68.4. The van der Waals surface area contributed by atoms with Gasteiger partial charge in [0.05, 0.1) is 71.1 Å². The number of pyridine rings is 1. The van der Waals surface area contributed by atoms with Crippen LogP contribution in [-0.2, 0) is 30.5 Å². The Morgan fingerprint density at radius 3 is 1.65 bits per heavy atom. The summed E-state index contributed by atoms with van der Waals surface area (Å²) in [5.74, 6) is -0.856. The molecule has 5 aromatic carbocycles. The number of rotatable bonds is 30. The zero-order valence-corrected chi connectivity index (χ0v) is 67.3. The van der Waals surface area contributed by atoms with Crippen LogP contribution in [0.4, 0.5) is 14.5 Å². The standard InChI is InChI=1S/C37H43FN2O4.C29H32FNO3.C27H44O6.2CH4/c1-24(2)34-33(36(44)39-28-14-10-7-11-15-28)32(25-12-8-6-9-13-25)35(26-16-18-27(38)19-17-26)40(34)21-20-29(41)22-30(42)23-31(43)37(3,4)5;1-29(2,3)26(34)17-22(33)16-21(32)14-15-24-27(18-10-12-20(30)13-11-18)23-6-4-5-7-25(23)31-28(24)19-8-9-19;1-7-16(2)26(32)33-23-14-20(29)12-18-9-8-17(3)22(25(18)23)11-10-19(28)13-21(30)15-24(31)27(4,5)6;;/h6-19,24,29-30,41-42H,20-23H2,1-5H3,(H,39,44);4-7,10-15,19,21-22,32-33H,8-9,16-17H2,1-3H3;8-9,12,16-17,19-23,25,28-30H,7,10-11,13-15H2,1-6H3;2*1H4/b;15-14+;;;/t;;16-,17-,19+,20+,21+,22-,23-,25-;;/m..0../s1. The van der Waals surface area contributed by atoms with E-state index in [0.717, 1.165) is 79.8 Å². The number of aliphatic hydroxyl groups excluding tert-OH is 7. The Balaban J connectivity index is 0.000000265. The van der Waals surface area contributed by atoms with Gasteiger partial charge in [-0.1, -0.05) is 221 Å². The molecule has 16 nitrogen and oxygen atoms in total. The molecule has 614 valence electrons. The van der Waals surface area contributed by atoms with Gasteiger partial charge >= 0.3 is 5.97 Å². The first-order valence-electron chi connectivity index (χ1n) is 39.6. The summed E-state index contributed by atoms with van der Waals surface area (Å²) < 4.78 is 35.7. The van der Waals surface area contributed by atoms with Gasteiger partial charge in [0.2, 0.25) is 0 Å². The van der Waals surface area contributed by atoms with Crippen molar-refractivity contribution in [1.29, 1.82) is 0 Å². The summed E-state index contributed by atoms with van der Waals surface area (Å²) in [6.07, 6.45) is 8.21. The van der Waals surface area contributed by atoms with Crippen LogP contribution in [0.15, 0.2) is 163 Å². The average molecular weight is 1560 g/mol. The molecule has 2 aromatic heterocycles. The third-order valence-electron chi connectivity index (χ3n) is 21.4. The topological polar surface area (TPSA) is 266 Å². The van der Waals surface area contributed by atoms with Gasteiger partial charge in [-0.2, -0.15) is 0 Å². The van der Waals surface area contributed by atoms with Gasteiger partial charge in [0, 0.05) is 100 Å². The molecule has 113 heavy (non-hydrogen) atoms. The first kappa shape index (κ1) is 93.4. The molecule has 1 saturated carbocycles. The highest BCUT2D eigenvalue weighted by Gasteiger charge is 2.43. The number of carbonyl (C=O) groups excluding carboxylic acids is 5. The van der Waals surface area contributed by atoms with Gasteiger partial charge in [-0.25, -0.2) is 8.78 Å². The highest BCUT2D eigenvalue weighted by molar-refractivity contribution is 6.12. The zero-order chi connectivity index (χ0) is 81.4. The molecule has 7 aromatic rings. The van der Waals surface area contributed by atoms with E-state index >= 15 is 0 Å². The number of hydrogen-bond acceptors (Lipinski definition) is 14. The third kappa shape index (κ3) is 26.3. The maximum atomic E-state index is 14.2. The van der Waals surface area contributed by atoms with E-state index < -0.39 is 65.1 Å². The molecule has 0 saturated heterocycles. The predicted molar refractivity (Wildman–Crippen MR) is 450 cm³/mol. The molecule has 1 amide bonds. The van der Waals surface area contributed by atoms with Crippen molar-refractivity contribution in [2.75, 3.05) is 5.32 Å². The number of nitrogens with one attached hydrogen (secondary N) is 1. The minimum absolute atomic E-state index is 0. The summed E-state index contributed by atoms with van der Waals surface area (Å²) in [6.45, 7) is 26.7. The fourth-order valence-electron chi connectivity index (χ4n) is 14.5. The van der Waals surface area contributed by atoms with E-state index in [0.29, 0.717) is 49.4 Å². The van der Waals surface area contributed by atoms with Crippen molar-refractivity contribution in [3.8, 4) is 33.5 Å². The Labute approximate surface area is 670 Å². The van der Waals surface area contributed by atoms with Crippen LogP contribution in [0.2, 0.25) is 0 Å². The normalized spacial score (nSPS) is 18.8. The van der Waals surface area contributed by atoms with E-state index in [4.69, 9.17) is 9.72 Å². The first-order chi connectivity index (χ1) is 52.3. The fourth-order valence-corrected chi connectivity index (χ4v) is 14.5. The third-order valence-corrected chi connectivity index (χ3v) is 21.4. The molecule has 0 radical (unpaired) electrons. The van der Waals surface area contributed by atoms with Gasteiger partial charge in [0.1, 0.15) is 35.1 Å². The predicted octanol–water partition coefficient (Wildman–Crippen LogP) is 19.1. The number of anilines is 1. The summed E-state index contributed by atoms with van der Waals surface area (Å²) >= 11 is 0. The van der Waals surface area contributed by atoms with Gasteiger partial charge in [-0.05, 0) is 146 Å². The number of ketones is 3. The van der Waals surface area contributed by atoms with Crippen LogP contribution in [0, 0.1) is 51.6 Å². The van der Waals surface area contributed by atoms with E-state index in [1.54, 1.807) is 30.3 Å². The van der Waals surface area contributed by atoms with Gasteiger partial charge in [0.15, 0.2) is 0 Å². The molecule has 1 fully saturated rings. The number of amides is 1. The fraction of sp³-hybridized carbons (Fsp3) is 0.495. The SMILES string of the molecule is C.C.CC(C)(C)C(=O)CC(O)CC(O)/C=C/c1c(C2CC2)nc2ccccc2c1-c1ccc(F)cc1.CC(C)c1c(C(=O)Nc2ccccc2)c(-c2ccccc2)c(-c2ccc(F)cc2)n1CCC(O)CC(O)CC(=O)C(C)(C)C.CC[C@H](C)C(=O)O[C@H]1C[C@H](O)C=C2C=C[C@H](C)[C@H](CC[C@@H](O)C[C@@H](O)CC(=O)C(C)(C)C)[C@H]21. The van der Waals surface area contributed by atoms with Crippen molar-refractivity contribution in [1.82, 2.24) is 9.55 Å². The van der Waals surface area contributed by atoms with Gasteiger partial charge < -0.3 is 50.4 Å². The van der Waals surface area contributed by atoms with Crippen LogP contribution in [0.1, 0.15) is 234 Å².